The molecular weight excluding hydrogens is 505 g/mol. The number of aliphatic hydroxyl groups excluding tert-OH is 1. The summed E-state index contributed by atoms with van der Waals surface area (Å²) < 4.78 is 11.7. The SMILES string of the molecule is CCNC(=NCc1ccccc1Oc1cccc(C)c1)NCC1(CCO)CCOC1.I. The van der Waals surface area contributed by atoms with Crippen LogP contribution in [0.15, 0.2) is 53.5 Å². The average molecular weight is 539 g/mol. The molecule has 2 aromatic carbocycles. The molecule has 0 aromatic heterocycles. The number of benzene rings is 2. The van der Waals surface area contributed by atoms with Crippen molar-refractivity contribution >= 4 is 29.9 Å². The highest BCUT2D eigenvalue weighted by molar-refractivity contribution is 14.0. The van der Waals surface area contributed by atoms with E-state index in [-0.39, 0.29) is 36.0 Å². The molecule has 31 heavy (non-hydrogen) atoms. The van der Waals surface area contributed by atoms with Crippen LogP contribution in [0.5, 0.6) is 11.5 Å². The highest BCUT2D eigenvalue weighted by Gasteiger charge is 2.34. The Morgan fingerprint density at radius 1 is 1.19 bits per heavy atom. The van der Waals surface area contributed by atoms with Crippen LogP contribution >= 0.6 is 24.0 Å². The summed E-state index contributed by atoms with van der Waals surface area (Å²) in [7, 11) is 0. The standard InChI is InChI=1S/C24H33N3O3.HI/c1-3-25-23(27-17-24(11-13-28)12-14-29-18-24)26-16-20-8-4-5-10-22(20)30-21-9-6-7-19(2)15-21;/h4-10,15,28H,3,11-14,16-18H2,1-2H3,(H2,25,26,27);1H. The quantitative estimate of drug-likeness (QED) is 0.253. The second kappa shape index (κ2) is 12.9. The van der Waals surface area contributed by atoms with Crippen molar-refractivity contribution in [3.63, 3.8) is 0 Å². The molecule has 0 spiro atoms. The highest BCUT2D eigenvalue weighted by Crippen LogP contribution is 2.31. The van der Waals surface area contributed by atoms with E-state index in [9.17, 15) is 5.11 Å². The lowest BCUT2D eigenvalue weighted by Crippen LogP contribution is -2.44. The molecule has 1 atom stereocenters. The number of nitrogens with one attached hydrogen (secondary N) is 2. The second-order valence-corrected chi connectivity index (χ2v) is 7.85. The van der Waals surface area contributed by atoms with Crippen LogP contribution in [-0.2, 0) is 11.3 Å². The lowest BCUT2D eigenvalue weighted by atomic mass is 9.84. The number of nitrogens with zero attached hydrogens (tertiary/aromatic N) is 1. The molecule has 0 bridgehead atoms. The molecule has 0 saturated carbocycles. The fourth-order valence-corrected chi connectivity index (χ4v) is 3.63. The molecule has 0 radical (unpaired) electrons. The van der Waals surface area contributed by atoms with Crippen molar-refractivity contribution in [1.29, 1.82) is 0 Å². The predicted octanol–water partition coefficient (Wildman–Crippen LogP) is 4.25. The lowest BCUT2D eigenvalue weighted by molar-refractivity contribution is 0.127. The molecule has 7 heteroatoms. The molecule has 1 aliphatic rings. The zero-order chi connectivity index (χ0) is 21.2. The van der Waals surface area contributed by atoms with Gasteiger partial charge in [-0.2, -0.15) is 0 Å². The van der Waals surface area contributed by atoms with Crippen molar-refractivity contribution in [3.8, 4) is 11.5 Å². The number of rotatable bonds is 9. The van der Waals surface area contributed by atoms with Gasteiger partial charge in [-0.25, -0.2) is 4.99 Å². The molecule has 3 rings (SSSR count). The Morgan fingerprint density at radius 3 is 2.74 bits per heavy atom. The molecule has 1 fully saturated rings. The van der Waals surface area contributed by atoms with E-state index in [0.29, 0.717) is 13.2 Å². The van der Waals surface area contributed by atoms with E-state index in [0.717, 1.165) is 61.1 Å². The van der Waals surface area contributed by atoms with Gasteiger partial charge in [0, 0.05) is 37.3 Å². The van der Waals surface area contributed by atoms with Crippen molar-refractivity contribution in [2.24, 2.45) is 10.4 Å². The van der Waals surface area contributed by atoms with Crippen molar-refractivity contribution in [2.45, 2.75) is 33.2 Å². The average Bonchev–Trinajstić information content (AvgIpc) is 3.20. The first-order valence-electron chi connectivity index (χ1n) is 10.7. The molecular formula is C24H34IN3O3. The van der Waals surface area contributed by atoms with Gasteiger partial charge in [-0.3, -0.25) is 0 Å². The topological polar surface area (TPSA) is 75.1 Å². The Morgan fingerprint density at radius 2 is 2.03 bits per heavy atom. The Balaban J connectivity index is 0.00000341. The Bertz CT molecular complexity index is 838. The first kappa shape index (κ1) is 25.4. The van der Waals surface area contributed by atoms with Gasteiger partial charge in [-0.15, -0.1) is 24.0 Å². The zero-order valence-corrected chi connectivity index (χ0v) is 20.7. The molecule has 1 aliphatic heterocycles. The number of halogens is 1. The molecule has 1 saturated heterocycles. The molecule has 1 unspecified atom stereocenters. The number of aryl methyl sites for hydroxylation is 1. The van der Waals surface area contributed by atoms with Crippen LogP contribution in [0.25, 0.3) is 0 Å². The van der Waals surface area contributed by atoms with Gasteiger partial charge >= 0.3 is 0 Å². The normalized spacial score (nSPS) is 18.4. The minimum atomic E-state index is -0.0306. The van der Waals surface area contributed by atoms with Gasteiger partial charge in [-0.05, 0) is 50.5 Å². The monoisotopic (exact) mass is 539 g/mol. The molecule has 0 amide bonds. The van der Waals surface area contributed by atoms with Crippen LogP contribution in [0.2, 0.25) is 0 Å². The molecule has 0 aliphatic carbocycles. The molecule has 6 nitrogen and oxygen atoms in total. The van der Waals surface area contributed by atoms with E-state index in [2.05, 4.69) is 23.6 Å². The van der Waals surface area contributed by atoms with Gasteiger partial charge in [0.05, 0.1) is 13.2 Å². The predicted molar refractivity (Wildman–Crippen MR) is 136 cm³/mol. The second-order valence-electron chi connectivity index (χ2n) is 7.85. The van der Waals surface area contributed by atoms with E-state index >= 15 is 0 Å². The van der Waals surface area contributed by atoms with Gasteiger partial charge in [0.1, 0.15) is 11.5 Å². The number of ether oxygens (including phenoxy) is 2. The zero-order valence-electron chi connectivity index (χ0n) is 18.4. The maximum Gasteiger partial charge on any atom is 0.191 e. The van der Waals surface area contributed by atoms with Gasteiger partial charge < -0.3 is 25.2 Å². The third kappa shape index (κ3) is 7.66. The largest absolute Gasteiger partial charge is 0.457 e. The number of guanidine groups is 1. The molecule has 3 N–H and O–H groups in total. The summed E-state index contributed by atoms with van der Waals surface area (Å²) in [5, 5.41) is 16.2. The number of para-hydroxylation sites is 1. The van der Waals surface area contributed by atoms with Crippen molar-refractivity contribution < 1.29 is 14.6 Å². The Labute approximate surface area is 202 Å². The Kier molecular flexibility index (Phi) is 10.6. The summed E-state index contributed by atoms with van der Waals surface area (Å²) >= 11 is 0. The minimum Gasteiger partial charge on any atom is -0.457 e. The lowest BCUT2D eigenvalue weighted by Gasteiger charge is -2.27. The minimum absolute atomic E-state index is 0. The van der Waals surface area contributed by atoms with Gasteiger partial charge in [-0.1, -0.05) is 30.3 Å². The van der Waals surface area contributed by atoms with Crippen LogP contribution in [-0.4, -0.2) is 44.0 Å². The maximum absolute atomic E-state index is 9.44. The van der Waals surface area contributed by atoms with E-state index in [1.807, 2.05) is 49.4 Å². The molecule has 170 valence electrons. The molecule has 1 heterocycles. The van der Waals surface area contributed by atoms with Crippen LogP contribution in [0.3, 0.4) is 0 Å². The first-order valence-corrected chi connectivity index (χ1v) is 10.7. The van der Waals surface area contributed by atoms with Gasteiger partial charge in [0.15, 0.2) is 5.96 Å². The summed E-state index contributed by atoms with van der Waals surface area (Å²) in [6.07, 6.45) is 1.68. The van der Waals surface area contributed by atoms with Gasteiger partial charge in [0.2, 0.25) is 0 Å². The summed E-state index contributed by atoms with van der Waals surface area (Å²) in [6.45, 7) is 7.69. The van der Waals surface area contributed by atoms with Crippen molar-refractivity contribution in [3.05, 3.63) is 59.7 Å². The van der Waals surface area contributed by atoms with E-state index in [1.165, 1.54) is 0 Å². The third-order valence-corrected chi connectivity index (χ3v) is 5.40. The summed E-state index contributed by atoms with van der Waals surface area (Å²) in [6, 6.07) is 16.0. The smallest absolute Gasteiger partial charge is 0.191 e. The number of hydrogen-bond acceptors (Lipinski definition) is 4. The van der Waals surface area contributed by atoms with E-state index in [4.69, 9.17) is 14.5 Å². The number of hydrogen-bond donors (Lipinski definition) is 3. The highest BCUT2D eigenvalue weighted by atomic mass is 127. The van der Waals surface area contributed by atoms with E-state index in [1.54, 1.807) is 0 Å². The maximum atomic E-state index is 9.44. The Hall–Kier alpha value is -1.84. The molecule has 2 aromatic rings. The fourth-order valence-electron chi connectivity index (χ4n) is 3.63. The van der Waals surface area contributed by atoms with Crippen LogP contribution < -0.4 is 15.4 Å². The third-order valence-electron chi connectivity index (χ3n) is 5.40. The van der Waals surface area contributed by atoms with Crippen molar-refractivity contribution in [2.75, 3.05) is 32.9 Å². The van der Waals surface area contributed by atoms with Gasteiger partial charge in [0.25, 0.3) is 0 Å². The summed E-state index contributed by atoms with van der Waals surface area (Å²) in [4.78, 5) is 4.77. The number of aliphatic hydroxyl groups is 1. The van der Waals surface area contributed by atoms with Crippen LogP contribution in [0.4, 0.5) is 0 Å². The summed E-state index contributed by atoms with van der Waals surface area (Å²) in [5.41, 5.74) is 2.15. The van der Waals surface area contributed by atoms with Crippen molar-refractivity contribution in [1.82, 2.24) is 10.6 Å². The van der Waals surface area contributed by atoms with Crippen LogP contribution in [0.1, 0.15) is 30.9 Å². The fraction of sp³-hybridized carbons (Fsp3) is 0.458. The summed E-state index contributed by atoms with van der Waals surface area (Å²) in [5.74, 6) is 2.39. The first-order chi connectivity index (χ1) is 14.6. The number of aliphatic imine (C=N–C) groups is 1. The van der Waals surface area contributed by atoms with Crippen LogP contribution in [0, 0.1) is 12.3 Å². The van der Waals surface area contributed by atoms with E-state index < -0.39 is 0 Å².